The predicted octanol–water partition coefficient (Wildman–Crippen LogP) is 3.60. The SMILES string of the molecule is Cc1nc2c(-c3ccc(F)cc3F)cccn2c(=O)c1Cl. The highest BCUT2D eigenvalue weighted by Gasteiger charge is 2.14. The molecule has 0 aliphatic rings. The van der Waals surface area contributed by atoms with E-state index >= 15 is 0 Å². The van der Waals surface area contributed by atoms with Crippen LogP contribution in [0.2, 0.25) is 5.02 Å². The van der Waals surface area contributed by atoms with Crippen molar-refractivity contribution in [2.45, 2.75) is 6.92 Å². The number of benzene rings is 1. The van der Waals surface area contributed by atoms with Crippen molar-refractivity contribution in [1.29, 1.82) is 0 Å². The summed E-state index contributed by atoms with van der Waals surface area (Å²) in [6, 6.07) is 6.46. The van der Waals surface area contributed by atoms with Crippen molar-refractivity contribution < 1.29 is 8.78 Å². The average Bonchev–Trinajstić information content (AvgIpc) is 2.45. The summed E-state index contributed by atoms with van der Waals surface area (Å²) in [4.78, 5) is 16.4. The van der Waals surface area contributed by atoms with Gasteiger partial charge in [-0.05, 0) is 31.2 Å². The average molecular weight is 307 g/mol. The molecule has 0 aliphatic carbocycles. The van der Waals surface area contributed by atoms with E-state index in [1.165, 1.54) is 16.7 Å². The second-order valence-electron chi connectivity index (χ2n) is 4.56. The first-order chi connectivity index (χ1) is 9.99. The van der Waals surface area contributed by atoms with Crippen LogP contribution in [0.5, 0.6) is 0 Å². The zero-order chi connectivity index (χ0) is 15.1. The van der Waals surface area contributed by atoms with Gasteiger partial charge in [0.1, 0.15) is 22.3 Å². The van der Waals surface area contributed by atoms with E-state index in [1.54, 1.807) is 19.1 Å². The number of fused-ring (bicyclic) bond motifs is 1. The van der Waals surface area contributed by atoms with Crippen molar-refractivity contribution in [3.8, 4) is 11.1 Å². The van der Waals surface area contributed by atoms with Crippen LogP contribution in [0, 0.1) is 18.6 Å². The van der Waals surface area contributed by atoms with Gasteiger partial charge < -0.3 is 0 Å². The minimum absolute atomic E-state index is 0.0178. The fourth-order valence-electron chi connectivity index (χ4n) is 2.16. The van der Waals surface area contributed by atoms with Crippen LogP contribution in [0.1, 0.15) is 5.69 Å². The van der Waals surface area contributed by atoms with Crippen molar-refractivity contribution in [3.05, 3.63) is 69.2 Å². The number of aryl methyl sites for hydroxylation is 1. The van der Waals surface area contributed by atoms with Gasteiger partial charge in [-0.15, -0.1) is 0 Å². The topological polar surface area (TPSA) is 34.4 Å². The fraction of sp³-hybridized carbons (Fsp3) is 0.0667. The molecule has 0 spiro atoms. The molecule has 21 heavy (non-hydrogen) atoms. The number of nitrogens with zero attached hydrogens (tertiary/aromatic N) is 2. The minimum atomic E-state index is -0.718. The number of aromatic nitrogens is 2. The molecule has 0 unspecified atom stereocenters. The first-order valence-corrected chi connectivity index (χ1v) is 6.50. The van der Waals surface area contributed by atoms with Gasteiger partial charge in [-0.3, -0.25) is 9.20 Å². The molecule has 6 heteroatoms. The van der Waals surface area contributed by atoms with Gasteiger partial charge in [-0.25, -0.2) is 13.8 Å². The van der Waals surface area contributed by atoms with Crippen LogP contribution in [-0.4, -0.2) is 9.38 Å². The molecule has 0 N–H and O–H groups in total. The van der Waals surface area contributed by atoms with Crippen LogP contribution in [0.15, 0.2) is 41.3 Å². The predicted molar refractivity (Wildman–Crippen MR) is 76.6 cm³/mol. The number of rotatable bonds is 1. The molecule has 3 rings (SSSR count). The Bertz CT molecular complexity index is 921. The molecule has 2 aromatic heterocycles. The van der Waals surface area contributed by atoms with Crippen LogP contribution >= 0.6 is 11.6 Å². The van der Waals surface area contributed by atoms with E-state index in [1.807, 2.05) is 0 Å². The Morgan fingerprint density at radius 2 is 1.95 bits per heavy atom. The van der Waals surface area contributed by atoms with Gasteiger partial charge in [-0.2, -0.15) is 0 Å². The third-order valence-corrected chi connectivity index (χ3v) is 3.62. The van der Waals surface area contributed by atoms with E-state index in [-0.39, 0.29) is 16.2 Å². The summed E-state index contributed by atoms with van der Waals surface area (Å²) in [7, 11) is 0. The molecule has 0 radical (unpaired) electrons. The zero-order valence-electron chi connectivity index (χ0n) is 10.9. The van der Waals surface area contributed by atoms with Gasteiger partial charge in [0.05, 0.1) is 5.69 Å². The summed E-state index contributed by atoms with van der Waals surface area (Å²) in [6.07, 6.45) is 1.50. The molecular weight excluding hydrogens is 298 g/mol. The molecule has 0 saturated heterocycles. The molecule has 0 fully saturated rings. The van der Waals surface area contributed by atoms with E-state index < -0.39 is 17.2 Å². The summed E-state index contributed by atoms with van der Waals surface area (Å²) in [5.74, 6) is -1.38. The molecule has 3 nitrogen and oxygen atoms in total. The Kier molecular flexibility index (Phi) is 3.22. The summed E-state index contributed by atoms with van der Waals surface area (Å²) in [5.41, 5.74) is 0.769. The smallest absolute Gasteiger partial charge is 0.267 e. The summed E-state index contributed by atoms with van der Waals surface area (Å²) in [5, 5.41) is 0.0178. The van der Waals surface area contributed by atoms with Crippen LogP contribution in [0.4, 0.5) is 8.78 Å². The Balaban J connectivity index is 2.41. The molecule has 1 aromatic carbocycles. The Labute approximate surface area is 123 Å². The van der Waals surface area contributed by atoms with Crippen LogP contribution < -0.4 is 5.56 Å². The van der Waals surface area contributed by atoms with Crippen molar-refractivity contribution in [1.82, 2.24) is 9.38 Å². The van der Waals surface area contributed by atoms with E-state index in [2.05, 4.69) is 4.98 Å². The van der Waals surface area contributed by atoms with Crippen molar-refractivity contribution in [2.75, 3.05) is 0 Å². The Hall–Kier alpha value is -2.27. The maximum atomic E-state index is 14.0. The molecule has 0 bridgehead atoms. The third-order valence-electron chi connectivity index (χ3n) is 3.19. The number of hydrogen-bond acceptors (Lipinski definition) is 2. The largest absolute Gasteiger partial charge is 0.276 e. The quantitative estimate of drug-likeness (QED) is 0.688. The Morgan fingerprint density at radius 3 is 2.67 bits per heavy atom. The molecule has 2 heterocycles. The first kappa shape index (κ1) is 13.7. The van der Waals surface area contributed by atoms with Gasteiger partial charge in [0.2, 0.25) is 0 Å². The lowest BCUT2D eigenvalue weighted by Gasteiger charge is -2.09. The Morgan fingerprint density at radius 1 is 1.19 bits per heavy atom. The number of halogens is 3. The van der Waals surface area contributed by atoms with E-state index in [4.69, 9.17) is 11.6 Å². The highest BCUT2D eigenvalue weighted by atomic mass is 35.5. The second kappa shape index (κ2) is 4.93. The molecule has 0 saturated carbocycles. The summed E-state index contributed by atoms with van der Waals surface area (Å²) >= 11 is 5.89. The van der Waals surface area contributed by atoms with Crippen molar-refractivity contribution in [2.24, 2.45) is 0 Å². The first-order valence-electron chi connectivity index (χ1n) is 6.12. The highest BCUT2D eigenvalue weighted by molar-refractivity contribution is 6.31. The molecule has 106 valence electrons. The van der Waals surface area contributed by atoms with Crippen molar-refractivity contribution in [3.63, 3.8) is 0 Å². The van der Waals surface area contributed by atoms with Gasteiger partial charge in [0, 0.05) is 23.4 Å². The van der Waals surface area contributed by atoms with Gasteiger partial charge in [0.15, 0.2) is 0 Å². The third kappa shape index (κ3) is 2.19. The van der Waals surface area contributed by atoms with Crippen molar-refractivity contribution >= 4 is 17.2 Å². The van der Waals surface area contributed by atoms with Gasteiger partial charge in [-0.1, -0.05) is 11.6 Å². The van der Waals surface area contributed by atoms with E-state index in [0.29, 0.717) is 11.3 Å². The molecule has 0 atom stereocenters. The maximum Gasteiger partial charge on any atom is 0.276 e. The molecule has 3 aromatic rings. The summed E-state index contributed by atoms with van der Waals surface area (Å²) in [6.45, 7) is 1.60. The van der Waals surface area contributed by atoms with E-state index in [0.717, 1.165) is 12.1 Å². The molecule has 0 aliphatic heterocycles. The molecular formula is C15H9ClF2N2O. The number of hydrogen-bond donors (Lipinski definition) is 0. The minimum Gasteiger partial charge on any atom is -0.267 e. The zero-order valence-corrected chi connectivity index (χ0v) is 11.7. The van der Waals surface area contributed by atoms with Gasteiger partial charge in [0.25, 0.3) is 5.56 Å². The maximum absolute atomic E-state index is 14.0. The lowest BCUT2D eigenvalue weighted by atomic mass is 10.1. The van der Waals surface area contributed by atoms with Crippen LogP contribution in [0.25, 0.3) is 16.8 Å². The van der Waals surface area contributed by atoms with Crippen LogP contribution in [0.3, 0.4) is 0 Å². The lowest BCUT2D eigenvalue weighted by molar-refractivity contribution is 0.585. The lowest BCUT2D eigenvalue weighted by Crippen LogP contribution is -2.17. The van der Waals surface area contributed by atoms with E-state index in [9.17, 15) is 13.6 Å². The fourth-order valence-corrected chi connectivity index (χ4v) is 2.30. The normalized spacial score (nSPS) is 11.0. The summed E-state index contributed by atoms with van der Waals surface area (Å²) < 4.78 is 28.2. The monoisotopic (exact) mass is 306 g/mol. The van der Waals surface area contributed by atoms with Crippen LogP contribution in [-0.2, 0) is 0 Å². The standard InChI is InChI=1S/C15H9ClF2N2O/c1-8-13(16)15(21)20-6-2-3-11(14(20)19-8)10-5-4-9(17)7-12(10)18/h2-7H,1H3. The molecule has 0 amide bonds. The number of pyridine rings is 1. The highest BCUT2D eigenvalue weighted by Crippen LogP contribution is 2.26. The van der Waals surface area contributed by atoms with Gasteiger partial charge >= 0.3 is 0 Å². The second-order valence-corrected chi connectivity index (χ2v) is 4.93.